The molecule has 27 heavy (non-hydrogen) atoms. The van der Waals surface area contributed by atoms with Crippen molar-refractivity contribution in [1.29, 1.82) is 5.26 Å². The van der Waals surface area contributed by atoms with Gasteiger partial charge in [-0.25, -0.2) is 0 Å². The van der Waals surface area contributed by atoms with Crippen LogP contribution in [0.2, 0.25) is 0 Å². The molecule has 5 saturated carbocycles. The Labute approximate surface area is 166 Å². The molecule has 5 nitrogen and oxygen atoms in total. The van der Waals surface area contributed by atoms with E-state index in [9.17, 15) is 14.9 Å². The summed E-state index contributed by atoms with van der Waals surface area (Å²) in [6.07, 6.45) is 8.93. The van der Waals surface area contributed by atoms with E-state index >= 15 is 0 Å². The maximum absolute atomic E-state index is 13.1. The van der Waals surface area contributed by atoms with Crippen molar-refractivity contribution < 1.29 is 14.3 Å². The molecule has 2 unspecified atom stereocenters. The van der Waals surface area contributed by atoms with Crippen LogP contribution >= 0.6 is 11.6 Å². The minimum Gasteiger partial charge on any atom is -0.452 e. The van der Waals surface area contributed by atoms with Crippen molar-refractivity contribution in [3.8, 4) is 6.07 Å². The molecule has 1 amide bonds. The largest absolute Gasteiger partial charge is 0.452 e. The van der Waals surface area contributed by atoms with Gasteiger partial charge in [0.15, 0.2) is 6.10 Å². The standard InChI is InChI=1S/C21H29ClN2O3/c1-14(17(25)24-21(13-23)5-3-2-4-6-21)27-18(26)19-8-15-7-16(9-19)11-20(22,10-15)12-19/h14-16H,2-12H2,1H3,(H,24,25)/t14-,15-,16+,19?,20?/m1/s1. The number of alkyl halides is 1. The number of hydrogen-bond donors (Lipinski definition) is 1. The van der Waals surface area contributed by atoms with Gasteiger partial charge in [-0.05, 0) is 70.1 Å². The molecule has 5 aliphatic carbocycles. The first-order chi connectivity index (χ1) is 12.8. The number of carbonyl (C=O) groups excluding carboxylic acids is 2. The summed E-state index contributed by atoms with van der Waals surface area (Å²) in [5.74, 6) is 0.380. The number of ether oxygens (including phenoxy) is 1. The lowest BCUT2D eigenvalue weighted by atomic mass is 9.49. The van der Waals surface area contributed by atoms with Crippen LogP contribution in [-0.2, 0) is 14.3 Å². The second-order valence-electron chi connectivity index (χ2n) is 9.68. The zero-order chi connectivity index (χ0) is 19.3. The number of nitrogens with one attached hydrogen (secondary N) is 1. The third-order valence-electron chi connectivity index (χ3n) is 7.36. The van der Waals surface area contributed by atoms with Crippen molar-refractivity contribution in [2.75, 3.05) is 0 Å². The highest BCUT2D eigenvalue weighted by Gasteiger charge is 2.61. The number of nitrogens with zero attached hydrogens (tertiary/aromatic N) is 1. The predicted octanol–water partition coefficient (Wildman–Crippen LogP) is 3.84. The molecule has 0 aliphatic heterocycles. The Morgan fingerprint density at radius 2 is 1.78 bits per heavy atom. The average Bonchev–Trinajstić information content (AvgIpc) is 2.60. The van der Waals surface area contributed by atoms with Gasteiger partial charge in [0.1, 0.15) is 5.54 Å². The Hall–Kier alpha value is -1.28. The molecule has 5 fully saturated rings. The fourth-order valence-electron chi connectivity index (χ4n) is 6.49. The SMILES string of the molecule is C[C@@H](OC(=O)C12C[C@@H]3C[C@@H](CC(Cl)(C3)C1)C2)C(=O)NC1(C#N)CCCCC1. The summed E-state index contributed by atoms with van der Waals surface area (Å²) in [7, 11) is 0. The maximum Gasteiger partial charge on any atom is 0.312 e. The highest BCUT2D eigenvalue weighted by molar-refractivity contribution is 6.24. The number of amides is 1. The van der Waals surface area contributed by atoms with Gasteiger partial charge in [-0.2, -0.15) is 5.26 Å². The van der Waals surface area contributed by atoms with Crippen LogP contribution in [0.1, 0.15) is 77.6 Å². The van der Waals surface area contributed by atoms with Gasteiger partial charge in [0, 0.05) is 4.87 Å². The lowest BCUT2D eigenvalue weighted by molar-refractivity contribution is -0.177. The predicted molar refractivity (Wildman–Crippen MR) is 101 cm³/mol. The van der Waals surface area contributed by atoms with Crippen LogP contribution in [0.25, 0.3) is 0 Å². The molecule has 148 valence electrons. The van der Waals surface area contributed by atoms with E-state index in [1.54, 1.807) is 6.92 Å². The van der Waals surface area contributed by atoms with Crippen LogP contribution in [0, 0.1) is 28.6 Å². The number of hydrogen-bond acceptors (Lipinski definition) is 4. The van der Waals surface area contributed by atoms with Crippen molar-refractivity contribution in [3.05, 3.63) is 0 Å². The summed E-state index contributed by atoms with van der Waals surface area (Å²) in [5.41, 5.74) is -1.32. The average molecular weight is 393 g/mol. The summed E-state index contributed by atoms with van der Waals surface area (Å²) in [4.78, 5) is 25.4. The molecular weight excluding hydrogens is 364 g/mol. The van der Waals surface area contributed by atoms with E-state index in [2.05, 4.69) is 11.4 Å². The van der Waals surface area contributed by atoms with E-state index in [1.165, 1.54) is 6.42 Å². The summed E-state index contributed by atoms with van der Waals surface area (Å²) in [5, 5.41) is 12.4. The lowest BCUT2D eigenvalue weighted by Gasteiger charge is -2.58. The fraction of sp³-hybridized carbons (Fsp3) is 0.857. The van der Waals surface area contributed by atoms with Gasteiger partial charge in [0.05, 0.1) is 11.5 Å². The summed E-state index contributed by atoms with van der Waals surface area (Å²) < 4.78 is 5.65. The molecule has 0 aromatic carbocycles. The molecular formula is C21H29ClN2O3. The normalized spacial score (nSPS) is 40.0. The Morgan fingerprint density at radius 1 is 1.15 bits per heavy atom. The van der Waals surface area contributed by atoms with Crippen LogP contribution in [0.5, 0.6) is 0 Å². The van der Waals surface area contributed by atoms with Crippen LogP contribution in [0.4, 0.5) is 0 Å². The number of halogens is 1. The van der Waals surface area contributed by atoms with Crippen molar-refractivity contribution in [2.45, 2.75) is 94.1 Å². The topological polar surface area (TPSA) is 79.2 Å². The molecule has 5 rings (SSSR count). The molecule has 0 heterocycles. The fourth-order valence-corrected chi connectivity index (χ4v) is 7.18. The van der Waals surface area contributed by atoms with Gasteiger partial charge in [0.25, 0.3) is 5.91 Å². The minimum absolute atomic E-state index is 0.262. The van der Waals surface area contributed by atoms with Crippen molar-refractivity contribution in [2.24, 2.45) is 17.3 Å². The molecule has 0 spiro atoms. The van der Waals surface area contributed by atoms with E-state index in [4.69, 9.17) is 16.3 Å². The molecule has 0 radical (unpaired) electrons. The molecule has 0 aromatic rings. The maximum atomic E-state index is 13.1. The summed E-state index contributed by atoms with van der Waals surface area (Å²) in [6.45, 7) is 1.61. The molecule has 0 saturated heterocycles. The Morgan fingerprint density at radius 3 is 2.33 bits per heavy atom. The van der Waals surface area contributed by atoms with E-state index in [1.807, 2.05) is 0 Å². The summed E-state index contributed by atoms with van der Waals surface area (Å²) in [6, 6.07) is 2.28. The van der Waals surface area contributed by atoms with Gasteiger partial charge in [-0.3, -0.25) is 9.59 Å². The van der Waals surface area contributed by atoms with Crippen molar-refractivity contribution >= 4 is 23.5 Å². The smallest absolute Gasteiger partial charge is 0.312 e. The molecule has 5 aliphatic rings. The first-order valence-electron chi connectivity index (χ1n) is 10.4. The lowest BCUT2D eigenvalue weighted by Crippen LogP contribution is -2.57. The quantitative estimate of drug-likeness (QED) is 0.582. The molecule has 0 aromatic heterocycles. The van der Waals surface area contributed by atoms with Gasteiger partial charge < -0.3 is 10.1 Å². The van der Waals surface area contributed by atoms with Gasteiger partial charge >= 0.3 is 5.97 Å². The Balaban J connectivity index is 1.41. The third-order valence-corrected chi connectivity index (χ3v) is 7.80. The van der Waals surface area contributed by atoms with E-state index in [0.717, 1.165) is 44.9 Å². The summed E-state index contributed by atoms with van der Waals surface area (Å²) >= 11 is 6.81. The molecule has 6 heteroatoms. The number of esters is 1. The first-order valence-corrected chi connectivity index (χ1v) is 10.8. The second kappa shape index (κ2) is 6.65. The molecule has 4 bridgehead atoms. The monoisotopic (exact) mass is 392 g/mol. The Bertz CT molecular complexity index is 665. The van der Waals surface area contributed by atoms with Gasteiger partial charge in [-0.1, -0.05) is 19.3 Å². The van der Waals surface area contributed by atoms with Gasteiger partial charge in [0.2, 0.25) is 0 Å². The first kappa shape index (κ1) is 19.1. The number of nitriles is 1. The van der Waals surface area contributed by atoms with Crippen LogP contribution in [0.15, 0.2) is 0 Å². The van der Waals surface area contributed by atoms with E-state index < -0.39 is 17.1 Å². The third kappa shape index (κ3) is 3.46. The van der Waals surface area contributed by atoms with Crippen molar-refractivity contribution in [3.63, 3.8) is 0 Å². The molecule has 5 atom stereocenters. The number of rotatable bonds is 4. The Kier molecular flexibility index (Phi) is 4.70. The highest BCUT2D eigenvalue weighted by Crippen LogP contribution is 2.64. The van der Waals surface area contributed by atoms with E-state index in [-0.39, 0.29) is 16.8 Å². The molecule has 1 N–H and O–H groups in total. The second-order valence-corrected chi connectivity index (χ2v) is 10.5. The zero-order valence-corrected chi connectivity index (χ0v) is 16.8. The van der Waals surface area contributed by atoms with Crippen LogP contribution in [-0.4, -0.2) is 28.4 Å². The highest BCUT2D eigenvalue weighted by atomic mass is 35.5. The van der Waals surface area contributed by atoms with E-state index in [0.29, 0.717) is 31.1 Å². The van der Waals surface area contributed by atoms with Crippen LogP contribution in [0.3, 0.4) is 0 Å². The zero-order valence-electron chi connectivity index (χ0n) is 16.1. The van der Waals surface area contributed by atoms with Crippen LogP contribution < -0.4 is 5.32 Å². The van der Waals surface area contributed by atoms with Gasteiger partial charge in [-0.15, -0.1) is 11.6 Å². The number of carbonyl (C=O) groups is 2. The van der Waals surface area contributed by atoms with Crippen molar-refractivity contribution in [1.82, 2.24) is 5.32 Å². The minimum atomic E-state index is -0.885.